The van der Waals surface area contributed by atoms with E-state index < -0.39 is 0 Å². The van der Waals surface area contributed by atoms with E-state index in [1.807, 2.05) is 36.1 Å². The summed E-state index contributed by atoms with van der Waals surface area (Å²) in [5.41, 5.74) is 1.84. The fourth-order valence-electron chi connectivity index (χ4n) is 3.65. The Morgan fingerprint density at radius 1 is 1.30 bits per heavy atom. The molecule has 0 radical (unpaired) electrons. The van der Waals surface area contributed by atoms with Crippen molar-refractivity contribution < 1.29 is 14.3 Å². The molecule has 0 bridgehead atoms. The summed E-state index contributed by atoms with van der Waals surface area (Å²) < 4.78 is 5.78. The topological polar surface area (TPSA) is 53.7 Å². The molecule has 2 aromatic rings. The Morgan fingerprint density at radius 3 is 2.96 bits per heavy atom. The number of benzene rings is 1. The lowest BCUT2D eigenvalue weighted by atomic mass is 10.0. The van der Waals surface area contributed by atoms with E-state index in [2.05, 4.69) is 0 Å². The number of hydrogen-bond donors (Lipinski definition) is 1. The predicted molar refractivity (Wildman–Crippen MR) is 90.3 cm³/mol. The summed E-state index contributed by atoms with van der Waals surface area (Å²) in [7, 11) is 0. The van der Waals surface area contributed by atoms with E-state index >= 15 is 0 Å². The number of hydrogen-bond acceptors (Lipinski definition) is 3. The van der Waals surface area contributed by atoms with Crippen LogP contribution in [0.4, 0.5) is 0 Å². The van der Waals surface area contributed by atoms with Crippen LogP contribution in [0.15, 0.2) is 28.7 Å². The van der Waals surface area contributed by atoms with Crippen molar-refractivity contribution in [3.05, 3.63) is 35.6 Å². The first-order chi connectivity index (χ1) is 11.2. The zero-order chi connectivity index (χ0) is 16.2. The van der Waals surface area contributed by atoms with Crippen molar-refractivity contribution >= 4 is 16.9 Å². The molecule has 1 atom stereocenters. The summed E-state index contributed by atoms with van der Waals surface area (Å²) >= 11 is 0. The van der Waals surface area contributed by atoms with Gasteiger partial charge < -0.3 is 14.4 Å². The number of nitrogens with zero attached hydrogens (tertiary/aromatic N) is 1. The van der Waals surface area contributed by atoms with Crippen LogP contribution in [-0.4, -0.2) is 35.1 Å². The highest BCUT2D eigenvalue weighted by Gasteiger charge is 2.26. The van der Waals surface area contributed by atoms with Gasteiger partial charge in [0.05, 0.1) is 6.42 Å². The number of aliphatic hydroxyl groups excluding tert-OH is 1. The van der Waals surface area contributed by atoms with Gasteiger partial charge in [-0.05, 0) is 32.3 Å². The van der Waals surface area contributed by atoms with Gasteiger partial charge in [-0.2, -0.15) is 0 Å². The van der Waals surface area contributed by atoms with E-state index in [1.165, 1.54) is 6.42 Å². The van der Waals surface area contributed by atoms with Crippen LogP contribution in [0.25, 0.3) is 11.0 Å². The van der Waals surface area contributed by atoms with Gasteiger partial charge in [-0.1, -0.05) is 31.0 Å². The number of likely N-dealkylation sites (tertiary alicyclic amines) is 1. The maximum absolute atomic E-state index is 12.9. The maximum Gasteiger partial charge on any atom is 0.227 e. The first-order valence-corrected chi connectivity index (χ1v) is 8.58. The van der Waals surface area contributed by atoms with Crippen LogP contribution in [0.3, 0.4) is 0 Å². The average Bonchev–Trinajstić information content (AvgIpc) is 2.72. The molecule has 1 aliphatic heterocycles. The number of aliphatic hydroxyl groups is 1. The zero-order valence-electron chi connectivity index (χ0n) is 13.8. The Balaban J connectivity index is 1.82. The molecule has 0 aliphatic carbocycles. The number of amides is 1. The number of fused-ring (bicyclic) bond motifs is 1. The second kappa shape index (κ2) is 7.18. The summed E-state index contributed by atoms with van der Waals surface area (Å²) in [6.07, 6.45) is 5.42. The van der Waals surface area contributed by atoms with E-state index in [1.54, 1.807) is 0 Å². The van der Waals surface area contributed by atoms with Gasteiger partial charge in [0.1, 0.15) is 11.3 Å². The van der Waals surface area contributed by atoms with E-state index in [-0.39, 0.29) is 18.6 Å². The zero-order valence-corrected chi connectivity index (χ0v) is 13.8. The third-order valence-corrected chi connectivity index (χ3v) is 4.89. The van der Waals surface area contributed by atoms with Gasteiger partial charge in [0.15, 0.2) is 0 Å². The third-order valence-electron chi connectivity index (χ3n) is 4.89. The number of carbonyl (C=O) groups is 1. The highest BCUT2D eigenvalue weighted by molar-refractivity contribution is 5.88. The average molecular weight is 315 g/mol. The number of aryl methyl sites for hydroxylation is 1. The van der Waals surface area contributed by atoms with Crippen molar-refractivity contribution in [1.29, 1.82) is 0 Å². The number of para-hydroxylation sites is 1. The fourth-order valence-corrected chi connectivity index (χ4v) is 3.65. The SMILES string of the molecule is Cc1oc2ccccc2c1CC(=O)N1CCCCCC1CCO. The third kappa shape index (κ3) is 3.42. The van der Waals surface area contributed by atoms with Gasteiger partial charge in [0, 0.05) is 30.1 Å². The molecule has 4 heteroatoms. The second-order valence-electron chi connectivity index (χ2n) is 6.41. The first-order valence-electron chi connectivity index (χ1n) is 8.58. The molecule has 1 unspecified atom stereocenters. The Kier molecular flexibility index (Phi) is 5.01. The van der Waals surface area contributed by atoms with Crippen LogP contribution in [0.1, 0.15) is 43.4 Å². The molecule has 3 rings (SSSR count). The van der Waals surface area contributed by atoms with Crippen molar-refractivity contribution in [2.45, 2.75) is 51.5 Å². The molecule has 1 amide bonds. The highest BCUT2D eigenvalue weighted by atomic mass is 16.3. The van der Waals surface area contributed by atoms with Gasteiger partial charge in [0.25, 0.3) is 0 Å². The van der Waals surface area contributed by atoms with Crippen LogP contribution < -0.4 is 0 Å². The maximum atomic E-state index is 12.9. The lowest BCUT2D eigenvalue weighted by Crippen LogP contribution is -2.41. The molecule has 0 saturated carbocycles. The summed E-state index contributed by atoms with van der Waals surface area (Å²) in [6, 6.07) is 8.06. The van der Waals surface area contributed by atoms with E-state index in [9.17, 15) is 9.90 Å². The molecule has 1 aliphatic rings. The second-order valence-corrected chi connectivity index (χ2v) is 6.41. The van der Waals surface area contributed by atoms with E-state index in [4.69, 9.17) is 4.42 Å². The lowest BCUT2D eigenvalue weighted by molar-refractivity contribution is -0.133. The Hall–Kier alpha value is -1.81. The molecule has 0 spiro atoms. The quantitative estimate of drug-likeness (QED) is 0.940. The van der Waals surface area contributed by atoms with Crippen LogP contribution in [-0.2, 0) is 11.2 Å². The standard InChI is InChI=1S/C19H25NO3/c1-14-17(16-8-4-5-9-18(16)23-14)13-19(22)20-11-6-2-3-7-15(20)10-12-21/h4-5,8-9,15,21H,2-3,6-7,10-13H2,1H3. The number of rotatable bonds is 4. The molecule has 1 aromatic carbocycles. The van der Waals surface area contributed by atoms with Gasteiger partial charge in [0.2, 0.25) is 5.91 Å². The Morgan fingerprint density at radius 2 is 2.13 bits per heavy atom. The molecular formula is C19H25NO3. The summed E-state index contributed by atoms with van der Waals surface area (Å²) in [5.74, 6) is 0.980. The van der Waals surface area contributed by atoms with Crippen molar-refractivity contribution in [2.75, 3.05) is 13.2 Å². The van der Waals surface area contributed by atoms with Crippen molar-refractivity contribution in [3.63, 3.8) is 0 Å². The van der Waals surface area contributed by atoms with Crippen molar-refractivity contribution in [1.82, 2.24) is 4.90 Å². The summed E-state index contributed by atoms with van der Waals surface area (Å²) in [4.78, 5) is 14.9. The summed E-state index contributed by atoms with van der Waals surface area (Å²) in [5, 5.41) is 10.3. The van der Waals surface area contributed by atoms with Crippen LogP contribution in [0, 0.1) is 6.92 Å². The molecule has 124 valence electrons. The first kappa shape index (κ1) is 16.1. The molecule has 1 N–H and O–H groups in total. The predicted octanol–water partition coefficient (Wildman–Crippen LogP) is 3.44. The van der Waals surface area contributed by atoms with Gasteiger partial charge in [-0.25, -0.2) is 0 Å². The van der Waals surface area contributed by atoms with Gasteiger partial charge >= 0.3 is 0 Å². The summed E-state index contributed by atoms with van der Waals surface area (Å²) in [6.45, 7) is 2.87. The minimum absolute atomic E-state index is 0.141. The minimum Gasteiger partial charge on any atom is -0.461 e. The largest absolute Gasteiger partial charge is 0.461 e. The Labute approximate surface area is 137 Å². The monoisotopic (exact) mass is 315 g/mol. The minimum atomic E-state index is 0.141. The molecular weight excluding hydrogens is 290 g/mol. The van der Waals surface area contributed by atoms with E-state index in [0.717, 1.165) is 48.1 Å². The lowest BCUT2D eigenvalue weighted by Gasteiger charge is -2.30. The number of furan rings is 1. The molecule has 2 heterocycles. The van der Waals surface area contributed by atoms with Crippen LogP contribution in [0.2, 0.25) is 0 Å². The van der Waals surface area contributed by atoms with Crippen LogP contribution in [0.5, 0.6) is 0 Å². The van der Waals surface area contributed by atoms with E-state index in [0.29, 0.717) is 12.8 Å². The smallest absolute Gasteiger partial charge is 0.227 e. The van der Waals surface area contributed by atoms with Gasteiger partial charge in [-0.15, -0.1) is 0 Å². The highest BCUT2D eigenvalue weighted by Crippen LogP contribution is 2.27. The van der Waals surface area contributed by atoms with Gasteiger partial charge in [-0.3, -0.25) is 4.79 Å². The fraction of sp³-hybridized carbons (Fsp3) is 0.526. The molecule has 1 aromatic heterocycles. The van der Waals surface area contributed by atoms with Crippen LogP contribution >= 0.6 is 0 Å². The molecule has 23 heavy (non-hydrogen) atoms. The van der Waals surface area contributed by atoms with Crippen molar-refractivity contribution in [2.24, 2.45) is 0 Å². The molecule has 4 nitrogen and oxygen atoms in total. The molecule has 1 fully saturated rings. The normalized spacial score (nSPS) is 19.0. The number of carbonyl (C=O) groups excluding carboxylic acids is 1. The molecule has 1 saturated heterocycles. The van der Waals surface area contributed by atoms with Crippen molar-refractivity contribution in [3.8, 4) is 0 Å². The Bertz CT molecular complexity index is 676.